The van der Waals surface area contributed by atoms with Gasteiger partial charge in [-0.1, -0.05) is 19.1 Å². The molecule has 41 heavy (non-hydrogen) atoms. The fourth-order valence-corrected chi connectivity index (χ4v) is 5.81. The summed E-state index contributed by atoms with van der Waals surface area (Å²) in [5.74, 6) is 0.0400. The number of carbonyl (C=O) groups is 2. The second kappa shape index (κ2) is 12.7. The van der Waals surface area contributed by atoms with E-state index >= 15 is 0 Å². The predicted octanol–water partition coefficient (Wildman–Crippen LogP) is 4.34. The molecule has 0 aliphatic carbocycles. The van der Waals surface area contributed by atoms with Gasteiger partial charge in [0.25, 0.3) is 11.8 Å². The normalized spacial score (nSPS) is 20.5. The lowest BCUT2D eigenvalue weighted by atomic mass is 10.0. The predicted molar refractivity (Wildman–Crippen MR) is 158 cm³/mol. The zero-order chi connectivity index (χ0) is 28.9. The molecular formula is C30H34N6O4S. The van der Waals surface area contributed by atoms with Gasteiger partial charge in [-0.15, -0.1) is 11.3 Å². The first-order valence-corrected chi connectivity index (χ1v) is 14.3. The molecule has 2 amide bonds. The number of rotatable bonds is 5. The first-order valence-electron chi connectivity index (χ1n) is 13.5. The maximum Gasteiger partial charge on any atom is 0.284 e. The maximum absolute atomic E-state index is 13.7. The highest BCUT2D eigenvalue weighted by Crippen LogP contribution is 2.28. The number of aromatic nitrogens is 3. The highest BCUT2D eigenvalue weighted by atomic mass is 32.1. The molecule has 0 spiro atoms. The van der Waals surface area contributed by atoms with Crippen molar-refractivity contribution in [3.8, 4) is 5.75 Å². The van der Waals surface area contributed by atoms with Crippen molar-refractivity contribution in [3.63, 3.8) is 0 Å². The van der Waals surface area contributed by atoms with Crippen molar-refractivity contribution < 1.29 is 19.1 Å². The number of amides is 2. The molecule has 214 valence electrons. The van der Waals surface area contributed by atoms with E-state index in [0.29, 0.717) is 41.7 Å². The summed E-state index contributed by atoms with van der Waals surface area (Å²) in [6, 6.07) is 12.8. The lowest BCUT2D eigenvalue weighted by molar-refractivity contribution is 0.00918. The van der Waals surface area contributed by atoms with Gasteiger partial charge in [0.15, 0.2) is 5.01 Å². The maximum atomic E-state index is 13.7. The Morgan fingerprint density at radius 1 is 1.15 bits per heavy atom. The largest absolute Gasteiger partial charge is 0.491 e. The van der Waals surface area contributed by atoms with Gasteiger partial charge in [-0.05, 0) is 43.2 Å². The van der Waals surface area contributed by atoms with Crippen LogP contribution in [0.4, 0.5) is 5.69 Å². The Morgan fingerprint density at radius 2 is 1.93 bits per heavy atom. The third-order valence-electron chi connectivity index (χ3n) is 7.32. The fourth-order valence-electron chi connectivity index (χ4n) is 4.95. The molecule has 0 saturated carbocycles. The van der Waals surface area contributed by atoms with Gasteiger partial charge in [-0.2, -0.15) is 0 Å². The van der Waals surface area contributed by atoms with Gasteiger partial charge in [0, 0.05) is 63.5 Å². The van der Waals surface area contributed by atoms with E-state index in [1.54, 1.807) is 37.3 Å². The number of thiazole rings is 1. The van der Waals surface area contributed by atoms with Crippen molar-refractivity contribution in [2.24, 2.45) is 5.92 Å². The number of anilines is 1. The first-order chi connectivity index (χ1) is 19.8. The first kappa shape index (κ1) is 28.6. The van der Waals surface area contributed by atoms with Crippen LogP contribution in [0.2, 0.25) is 0 Å². The van der Waals surface area contributed by atoms with Gasteiger partial charge >= 0.3 is 0 Å². The van der Waals surface area contributed by atoms with Crippen LogP contribution in [0.1, 0.15) is 39.6 Å². The standard InChI is InChI=1S/C30H34N6O4S/c1-19-14-36(15-21-12-31-18-32-13-21)20(2)17-40-25-10-9-22(11-23(25)30(38)35(3)16-26(19)39-4)33-28(37)29-34-24-7-5-6-8-27(24)41-29/h5-13,18-20,26H,14-17H2,1-4H3,(H,33,37)/t19-,20+,26+/m0/s1. The van der Waals surface area contributed by atoms with Crippen molar-refractivity contribution in [2.75, 3.05) is 39.2 Å². The van der Waals surface area contributed by atoms with Crippen LogP contribution in [0.15, 0.2) is 61.2 Å². The molecule has 11 heteroatoms. The Balaban J connectivity index is 1.41. The highest BCUT2D eigenvalue weighted by molar-refractivity contribution is 7.20. The molecule has 0 fully saturated rings. The average Bonchev–Trinajstić information content (AvgIpc) is 3.43. The van der Waals surface area contributed by atoms with E-state index in [0.717, 1.165) is 22.3 Å². The van der Waals surface area contributed by atoms with Crippen LogP contribution in [-0.2, 0) is 11.3 Å². The lowest BCUT2D eigenvalue weighted by Crippen LogP contribution is -2.46. The number of nitrogens with zero attached hydrogens (tertiary/aromatic N) is 5. The molecule has 0 unspecified atom stereocenters. The van der Waals surface area contributed by atoms with Crippen molar-refractivity contribution in [1.29, 1.82) is 0 Å². The minimum Gasteiger partial charge on any atom is -0.491 e. The van der Waals surface area contributed by atoms with Crippen molar-refractivity contribution in [2.45, 2.75) is 32.5 Å². The monoisotopic (exact) mass is 574 g/mol. The Labute approximate surface area is 243 Å². The Morgan fingerprint density at radius 3 is 2.68 bits per heavy atom. The van der Waals surface area contributed by atoms with Crippen LogP contribution in [-0.4, -0.2) is 82.6 Å². The number of fused-ring (bicyclic) bond motifs is 2. The fraction of sp³-hybridized carbons (Fsp3) is 0.367. The molecule has 2 aromatic heterocycles. The van der Waals surface area contributed by atoms with Crippen molar-refractivity contribution >= 4 is 39.1 Å². The number of hydrogen-bond donors (Lipinski definition) is 1. The third-order valence-corrected chi connectivity index (χ3v) is 8.35. The smallest absolute Gasteiger partial charge is 0.284 e. The molecule has 10 nitrogen and oxygen atoms in total. The number of methoxy groups -OCH3 is 1. The second-order valence-electron chi connectivity index (χ2n) is 10.4. The van der Waals surface area contributed by atoms with Crippen LogP contribution in [0.25, 0.3) is 10.2 Å². The zero-order valence-corrected chi connectivity index (χ0v) is 24.4. The molecule has 5 rings (SSSR count). The number of carbonyl (C=O) groups excluding carboxylic acids is 2. The second-order valence-corrected chi connectivity index (χ2v) is 11.5. The van der Waals surface area contributed by atoms with E-state index in [4.69, 9.17) is 9.47 Å². The number of hydrogen-bond acceptors (Lipinski definition) is 9. The van der Waals surface area contributed by atoms with Gasteiger partial charge in [0.1, 0.15) is 18.7 Å². The summed E-state index contributed by atoms with van der Waals surface area (Å²) in [6.45, 7) is 6.39. The number of ether oxygens (including phenoxy) is 2. The summed E-state index contributed by atoms with van der Waals surface area (Å²) in [6.07, 6.45) is 4.98. The summed E-state index contributed by atoms with van der Waals surface area (Å²) in [4.78, 5) is 43.4. The van der Waals surface area contributed by atoms with E-state index in [1.807, 2.05) is 36.7 Å². The molecule has 2 aromatic carbocycles. The van der Waals surface area contributed by atoms with Crippen LogP contribution in [0.5, 0.6) is 5.75 Å². The minimum absolute atomic E-state index is 0.0219. The molecule has 1 aliphatic rings. The Kier molecular flexibility index (Phi) is 8.87. The molecule has 0 bridgehead atoms. The molecule has 3 atom stereocenters. The average molecular weight is 575 g/mol. The van der Waals surface area contributed by atoms with Crippen molar-refractivity contribution in [3.05, 3.63) is 77.3 Å². The van der Waals surface area contributed by atoms with Gasteiger partial charge in [0.2, 0.25) is 0 Å². The third kappa shape index (κ3) is 6.70. The topological polar surface area (TPSA) is 110 Å². The van der Waals surface area contributed by atoms with E-state index in [9.17, 15) is 9.59 Å². The summed E-state index contributed by atoms with van der Waals surface area (Å²) < 4.78 is 13.1. The molecule has 1 N–H and O–H groups in total. The van der Waals surface area contributed by atoms with Gasteiger partial charge in [-0.3, -0.25) is 14.5 Å². The quantitative estimate of drug-likeness (QED) is 0.375. The summed E-state index contributed by atoms with van der Waals surface area (Å²) in [7, 11) is 3.43. The number of nitrogens with one attached hydrogen (secondary N) is 1. The van der Waals surface area contributed by atoms with E-state index in [-0.39, 0.29) is 29.9 Å². The number of likely N-dealkylation sites (N-methyl/N-ethyl adjacent to an activating group) is 1. The highest BCUT2D eigenvalue weighted by Gasteiger charge is 2.29. The van der Waals surface area contributed by atoms with Gasteiger partial charge in [-0.25, -0.2) is 15.0 Å². The number of para-hydroxylation sites is 1. The van der Waals surface area contributed by atoms with E-state index in [1.165, 1.54) is 17.7 Å². The van der Waals surface area contributed by atoms with Gasteiger partial charge in [0.05, 0.1) is 21.9 Å². The molecule has 3 heterocycles. The van der Waals surface area contributed by atoms with E-state index in [2.05, 4.69) is 39.0 Å². The summed E-state index contributed by atoms with van der Waals surface area (Å²) in [5, 5.41) is 3.25. The Bertz CT molecular complexity index is 1480. The molecule has 0 saturated heterocycles. The molecule has 0 radical (unpaired) electrons. The Hall–Kier alpha value is -3.93. The molecular weight excluding hydrogens is 540 g/mol. The van der Waals surface area contributed by atoms with Crippen LogP contribution in [0.3, 0.4) is 0 Å². The van der Waals surface area contributed by atoms with E-state index < -0.39 is 0 Å². The van der Waals surface area contributed by atoms with Crippen LogP contribution >= 0.6 is 11.3 Å². The van der Waals surface area contributed by atoms with Crippen LogP contribution < -0.4 is 10.1 Å². The van der Waals surface area contributed by atoms with Crippen LogP contribution in [0, 0.1) is 5.92 Å². The zero-order valence-electron chi connectivity index (χ0n) is 23.6. The molecule has 1 aliphatic heterocycles. The number of benzene rings is 2. The summed E-state index contributed by atoms with van der Waals surface area (Å²) >= 11 is 1.32. The molecule has 4 aromatic rings. The van der Waals surface area contributed by atoms with Crippen molar-refractivity contribution in [1.82, 2.24) is 24.8 Å². The SMILES string of the molecule is CO[C@@H]1CN(C)C(=O)c2cc(NC(=O)c3nc4ccccc4s3)ccc2OC[C@@H](C)N(Cc2cncnc2)C[C@@H]1C. The van der Waals surface area contributed by atoms with Gasteiger partial charge < -0.3 is 19.7 Å². The summed E-state index contributed by atoms with van der Waals surface area (Å²) in [5.41, 5.74) is 2.64. The minimum atomic E-state index is -0.330. The lowest BCUT2D eigenvalue weighted by Gasteiger charge is -2.36.